The van der Waals surface area contributed by atoms with Crippen LogP contribution in [0.4, 0.5) is 0 Å². The Morgan fingerprint density at radius 2 is 1.80 bits per heavy atom. The molecule has 0 radical (unpaired) electrons. The van der Waals surface area contributed by atoms with E-state index in [9.17, 15) is 24.3 Å². The SMILES string of the molecule is Cc1cc(C(=O)NC(C(=O)N2CCCC2C(=O)NC2C(=O)COC2OCc2ccccc2)C(C)C)cc(C)c1O. The van der Waals surface area contributed by atoms with Crippen LogP contribution in [-0.4, -0.2) is 71.1 Å². The highest BCUT2D eigenvalue weighted by Gasteiger charge is 2.43. The summed E-state index contributed by atoms with van der Waals surface area (Å²) in [4.78, 5) is 54.1. The van der Waals surface area contributed by atoms with Crippen LogP contribution >= 0.6 is 0 Å². The number of hydrogen-bond acceptors (Lipinski definition) is 7. The molecule has 214 valence electrons. The van der Waals surface area contributed by atoms with Gasteiger partial charge in [-0.1, -0.05) is 44.2 Å². The molecule has 4 rings (SSSR count). The van der Waals surface area contributed by atoms with Crippen LogP contribution in [0.3, 0.4) is 0 Å². The highest BCUT2D eigenvalue weighted by Crippen LogP contribution is 2.25. The molecule has 0 saturated carbocycles. The third-order valence-electron chi connectivity index (χ3n) is 7.37. The molecule has 2 fully saturated rings. The molecular formula is C30H37N3O7. The highest BCUT2D eigenvalue weighted by molar-refractivity contribution is 5.99. The number of nitrogens with one attached hydrogen (secondary N) is 2. The molecule has 2 aromatic rings. The summed E-state index contributed by atoms with van der Waals surface area (Å²) in [6.07, 6.45) is 0.119. The van der Waals surface area contributed by atoms with Crippen LogP contribution in [0.1, 0.15) is 53.7 Å². The molecule has 2 aliphatic rings. The summed E-state index contributed by atoms with van der Waals surface area (Å²) in [6, 6.07) is 9.94. The van der Waals surface area contributed by atoms with E-state index in [4.69, 9.17) is 9.47 Å². The zero-order valence-corrected chi connectivity index (χ0v) is 23.3. The van der Waals surface area contributed by atoms with Gasteiger partial charge in [0.2, 0.25) is 11.8 Å². The fourth-order valence-electron chi connectivity index (χ4n) is 5.10. The van der Waals surface area contributed by atoms with Gasteiger partial charge >= 0.3 is 0 Å². The van der Waals surface area contributed by atoms with E-state index in [1.807, 2.05) is 44.2 Å². The summed E-state index contributed by atoms with van der Waals surface area (Å²) >= 11 is 0. The number of phenolic OH excluding ortho intramolecular Hbond substituents is 1. The van der Waals surface area contributed by atoms with E-state index in [2.05, 4.69) is 10.6 Å². The maximum atomic E-state index is 13.7. The van der Waals surface area contributed by atoms with Crippen LogP contribution in [0.25, 0.3) is 0 Å². The van der Waals surface area contributed by atoms with Gasteiger partial charge in [-0.25, -0.2) is 0 Å². The fourth-order valence-corrected chi connectivity index (χ4v) is 5.10. The second kappa shape index (κ2) is 12.6. The maximum absolute atomic E-state index is 13.7. The zero-order chi connectivity index (χ0) is 29.0. The maximum Gasteiger partial charge on any atom is 0.251 e. The molecule has 3 amide bonds. The van der Waals surface area contributed by atoms with Gasteiger partial charge in [-0.05, 0) is 61.4 Å². The van der Waals surface area contributed by atoms with Gasteiger partial charge in [-0.2, -0.15) is 0 Å². The first kappa shape index (κ1) is 29.2. The Hall–Kier alpha value is -3.76. The number of hydrogen-bond donors (Lipinski definition) is 3. The normalized spacial score (nSPS) is 21.5. The number of benzene rings is 2. The van der Waals surface area contributed by atoms with Crippen LogP contribution in [0, 0.1) is 19.8 Å². The first-order chi connectivity index (χ1) is 19.1. The van der Waals surface area contributed by atoms with Crippen molar-refractivity contribution in [2.45, 2.75) is 71.6 Å². The van der Waals surface area contributed by atoms with E-state index in [-0.39, 0.29) is 36.6 Å². The van der Waals surface area contributed by atoms with Gasteiger partial charge in [0.25, 0.3) is 5.91 Å². The van der Waals surface area contributed by atoms with Gasteiger partial charge in [-0.15, -0.1) is 0 Å². The van der Waals surface area contributed by atoms with Crippen molar-refractivity contribution < 1.29 is 33.8 Å². The third kappa shape index (κ3) is 6.51. The van der Waals surface area contributed by atoms with E-state index in [0.29, 0.717) is 36.1 Å². The van der Waals surface area contributed by atoms with Gasteiger partial charge < -0.3 is 30.1 Å². The molecule has 10 heteroatoms. The molecule has 40 heavy (non-hydrogen) atoms. The molecule has 2 aliphatic heterocycles. The second-order valence-corrected chi connectivity index (χ2v) is 10.8. The number of carbonyl (C=O) groups excluding carboxylic acids is 4. The zero-order valence-electron chi connectivity index (χ0n) is 23.3. The number of rotatable bonds is 9. The quantitative estimate of drug-likeness (QED) is 0.436. The Morgan fingerprint density at radius 1 is 1.12 bits per heavy atom. The summed E-state index contributed by atoms with van der Waals surface area (Å²) in [7, 11) is 0. The fraction of sp³-hybridized carbons (Fsp3) is 0.467. The largest absolute Gasteiger partial charge is 0.507 e. The number of carbonyl (C=O) groups is 4. The lowest BCUT2D eigenvalue weighted by atomic mass is 10.0. The molecule has 2 saturated heterocycles. The van der Waals surface area contributed by atoms with Crippen molar-refractivity contribution in [3.8, 4) is 5.75 Å². The van der Waals surface area contributed by atoms with Crippen LogP contribution in [-0.2, 0) is 30.5 Å². The number of aromatic hydroxyl groups is 1. The number of ketones is 1. The Morgan fingerprint density at radius 3 is 2.45 bits per heavy atom. The number of ether oxygens (including phenoxy) is 2. The number of amides is 3. The van der Waals surface area contributed by atoms with E-state index >= 15 is 0 Å². The van der Waals surface area contributed by atoms with Crippen LogP contribution < -0.4 is 10.6 Å². The third-order valence-corrected chi connectivity index (χ3v) is 7.37. The van der Waals surface area contributed by atoms with Gasteiger partial charge in [-0.3, -0.25) is 19.2 Å². The highest BCUT2D eigenvalue weighted by atomic mass is 16.7. The smallest absolute Gasteiger partial charge is 0.251 e. The van der Waals surface area contributed by atoms with Crippen molar-refractivity contribution >= 4 is 23.5 Å². The second-order valence-electron chi connectivity index (χ2n) is 10.8. The van der Waals surface area contributed by atoms with Gasteiger partial charge in [0, 0.05) is 12.1 Å². The molecule has 0 aliphatic carbocycles. The van der Waals surface area contributed by atoms with E-state index in [0.717, 1.165) is 5.56 Å². The Kier molecular flexibility index (Phi) is 9.21. The Labute approximate surface area is 234 Å². The number of Topliss-reactive ketones (excluding diaryl/α,β-unsaturated/α-hetero) is 1. The van der Waals surface area contributed by atoms with Gasteiger partial charge in [0.05, 0.1) is 6.61 Å². The van der Waals surface area contributed by atoms with E-state index in [1.54, 1.807) is 26.0 Å². The Bertz CT molecular complexity index is 1240. The predicted octanol–water partition coefficient (Wildman–Crippen LogP) is 2.38. The molecule has 4 unspecified atom stereocenters. The van der Waals surface area contributed by atoms with E-state index in [1.165, 1.54) is 4.90 Å². The molecular weight excluding hydrogens is 514 g/mol. The molecule has 4 atom stereocenters. The minimum absolute atomic E-state index is 0.123. The molecule has 10 nitrogen and oxygen atoms in total. The monoisotopic (exact) mass is 551 g/mol. The molecule has 2 heterocycles. The van der Waals surface area contributed by atoms with E-state index < -0.39 is 36.2 Å². The summed E-state index contributed by atoms with van der Waals surface area (Å²) in [5.41, 5.74) is 2.36. The average molecular weight is 552 g/mol. The summed E-state index contributed by atoms with van der Waals surface area (Å²) in [5.74, 6) is -1.68. The molecule has 0 spiro atoms. The topological polar surface area (TPSA) is 134 Å². The molecule has 0 bridgehead atoms. The predicted molar refractivity (Wildman–Crippen MR) is 146 cm³/mol. The summed E-state index contributed by atoms with van der Waals surface area (Å²) in [5, 5.41) is 15.6. The standard InChI is InChI=1S/C30H37N3O7/c1-17(2)24(31-27(36)21-13-18(3)26(35)19(4)14-21)29(38)33-12-8-11-22(33)28(37)32-25-23(34)16-40-30(25)39-15-20-9-6-5-7-10-20/h5-7,9-10,13-14,17,22,24-25,30,35H,8,11-12,15-16H2,1-4H3,(H,31,36)(H,32,37). The number of aryl methyl sites for hydroxylation is 2. The van der Waals surface area contributed by atoms with Crippen molar-refractivity contribution in [2.75, 3.05) is 13.2 Å². The Balaban J connectivity index is 1.42. The average Bonchev–Trinajstić information content (AvgIpc) is 3.56. The van der Waals surface area contributed by atoms with Gasteiger partial charge in [0.15, 0.2) is 12.1 Å². The van der Waals surface area contributed by atoms with Crippen molar-refractivity contribution in [1.29, 1.82) is 0 Å². The first-order valence-corrected chi connectivity index (χ1v) is 13.6. The number of phenols is 1. The summed E-state index contributed by atoms with van der Waals surface area (Å²) in [6.45, 7) is 7.46. The lowest BCUT2D eigenvalue weighted by Gasteiger charge is -2.31. The summed E-state index contributed by atoms with van der Waals surface area (Å²) < 4.78 is 11.3. The molecule has 2 aromatic carbocycles. The van der Waals surface area contributed by atoms with Crippen molar-refractivity contribution in [3.63, 3.8) is 0 Å². The first-order valence-electron chi connectivity index (χ1n) is 13.6. The van der Waals surface area contributed by atoms with Crippen molar-refractivity contribution in [2.24, 2.45) is 5.92 Å². The number of nitrogens with zero attached hydrogens (tertiary/aromatic N) is 1. The lowest BCUT2D eigenvalue weighted by Crippen LogP contribution is -2.57. The van der Waals surface area contributed by atoms with Gasteiger partial charge in [0.1, 0.15) is 30.5 Å². The minimum atomic E-state index is -0.977. The minimum Gasteiger partial charge on any atom is -0.507 e. The van der Waals surface area contributed by atoms with Crippen LogP contribution in [0.15, 0.2) is 42.5 Å². The number of likely N-dealkylation sites (tertiary alicyclic amines) is 1. The van der Waals surface area contributed by atoms with Crippen LogP contribution in [0.5, 0.6) is 5.75 Å². The molecule has 0 aromatic heterocycles. The van der Waals surface area contributed by atoms with Crippen LogP contribution in [0.2, 0.25) is 0 Å². The van der Waals surface area contributed by atoms with Crippen molar-refractivity contribution in [1.82, 2.24) is 15.5 Å². The molecule has 3 N–H and O–H groups in total. The van der Waals surface area contributed by atoms with Crippen molar-refractivity contribution in [3.05, 3.63) is 64.7 Å². The lowest BCUT2D eigenvalue weighted by molar-refractivity contribution is -0.146.